The van der Waals surface area contributed by atoms with Gasteiger partial charge in [0.25, 0.3) is 5.91 Å². The van der Waals surface area contributed by atoms with Crippen LogP contribution in [0.2, 0.25) is 0 Å². The van der Waals surface area contributed by atoms with Gasteiger partial charge in [0.05, 0.1) is 4.90 Å². The number of hydrogen-bond acceptors (Lipinski definition) is 4. The summed E-state index contributed by atoms with van der Waals surface area (Å²) in [5.41, 5.74) is 0.393. The van der Waals surface area contributed by atoms with E-state index in [1.54, 1.807) is 17.0 Å². The van der Waals surface area contributed by atoms with Gasteiger partial charge in [-0.15, -0.1) is 0 Å². The fourth-order valence-corrected chi connectivity index (χ4v) is 3.29. The molecule has 0 radical (unpaired) electrons. The SMILES string of the molecule is CCN(CC)C(=O)c1cccc(S(=O)(=O)NCCCN(C)C)c1. The molecule has 7 heteroatoms. The number of amides is 1. The summed E-state index contributed by atoms with van der Waals surface area (Å²) in [4.78, 5) is 16.1. The van der Waals surface area contributed by atoms with Crippen molar-refractivity contribution in [2.45, 2.75) is 25.2 Å². The van der Waals surface area contributed by atoms with Crippen LogP contribution in [0.4, 0.5) is 0 Å². The molecule has 0 saturated heterocycles. The minimum atomic E-state index is -3.59. The summed E-state index contributed by atoms with van der Waals surface area (Å²) in [6.45, 7) is 6.16. The lowest BCUT2D eigenvalue weighted by Crippen LogP contribution is -2.31. The Morgan fingerprint density at radius 3 is 2.39 bits per heavy atom. The fourth-order valence-electron chi connectivity index (χ4n) is 2.17. The lowest BCUT2D eigenvalue weighted by atomic mass is 10.2. The quantitative estimate of drug-likeness (QED) is 0.689. The molecule has 0 aromatic heterocycles. The van der Waals surface area contributed by atoms with Gasteiger partial charge < -0.3 is 9.80 Å². The number of carbonyl (C=O) groups is 1. The smallest absolute Gasteiger partial charge is 0.253 e. The van der Waals surface area contributed by atoms with Crippen LogP contribution in [0.3, 0.4) is 0 Å². The minimum absolute atomic E-state index is 0.125. The van der Waals surface area contributed by atoms with Gasteiger partial charge in [0.1, 0.15) is 0 Å². The van der Waals surface area contributed by atoms with Gasteiger partial charge in [0.15, 0.2) is 0 Å². The summed E-state index contributed by atoms with van der Waals surface area (Å²) in [6.07, 6.45) is 0.726. The normalized spacial score (nSPS) is 11.7. The Morgan fingerprint density at radius 2 is 1.83 bits per heavy atom. The highest BCUT2D eigenvalue weighted by Crippen LogP contribution is 2.13. The van der Waals surface area contributed by atoms with Crippen LogP contribution in [0.15, 0.2) is 29.2 Å². The Balaban J connectivity index is 2.84. The molecule has 1 rings (SSSR count). The second-order valence-corrected chi connectivity index (χ2v) is 7.33. The summed E-state index contributed by atoms with van der Waals surface area (Å²) in [6, 6.07) is 6.19. The fraction of sp³-hybridized carbons (Fsp3) is 0.562. The van der Waals surface area contributed by atoms with Gasteiger partial charge in [-0.05, 0) is 59.1 Å². The lowest BCUT2D eigenvalue weighted by molar-refractivity contribution is 0.0772. The van der Waals surface area contributed by atoms with E-state index in [0.29, 0.717) is 25.2 Å². The van der Waals surface area contributed by atoms with Crippen molar-refractivity contribution in [3.05, 3.63) is 29.8 Å². The standard InChI is InChI=1S/C16H27N3O3S/c1-5-19(6-2)16(20)14-9-7-10-15(13-14)23(21,22)17-11-8-12-18(3)4/h7,9-10,13,17H,5-6,8,11-12H2,1-4H3. The van der Waals surface area contributed by atoms with Crippen LogP contribution in [0.1, 0.15) is 30.6 Å². The molecule has 1 aromatic rings. The summed E-state index contributed by atoms with van der Waals surface area (Å²) >= 11 is 0. The molecule has 23 heavy (non-hydrogen) atoms. The molecule has 0 unspecified atom stereocenters. The molecule has 0 bridgehead atoms. The Morgan fingerprint density at radius 1 is 1.17 bits per heavy atom. The second-order valence-electron chi connectivity index (χ2n) is 5.56. The van der Waals surface area contributed by atoms with Gasteiger partial charge in [-0.3, -0.25) is 4.79 Å². The Hall–Kier alpha value is -1.44. The van der Waals surface area contributed by atoms with E-state index in [1.165, 1.54) is 12.1 Å². The van der Waals surface area contributed by atoms with E-state index in [9.17, 15) is 13.2 Å². The molecule has 6 nitrogen and oxygen atoms in total. The molecule has 0 aliphatic carbocycles. The van der Waals surface area contributed by atoms with Crippen molar-refractivity contribution in [2.24, 2.45) is 0 Å². The van der Waals surface area contributed by atoms with Crippen LogP contribution in [0.25, 0.3) is 0 Å². The first-order chi connectivity index (χ1) is 10.8. The summed E-state index contributed by atoms with van der Waals surface area (Å²) in [5, 5.41) is 0. The van der Waals surface area contributed by atoms with E-state index in [2.05, 4.69) is 4.72 Å². The molecule has 0 aliphatic heterocycles. The highest BCUT2D eigenvalue weighted by molar-refractivity contribution is 7.89. The zero-order chi connectivity index (χ0) is 17.5. The van der Waals surface area contributed by atoms with Crippen molar-refractivity contribution in [3.8, 4) is 0 Å². The molecule has 1 amide bonds. The summed E-state index contributed by atoms with van der Waals surface area (Å²) < 4.78 is 27.2. The van der Waals surface area contributed by atoms with Gasteiger partial charge in [-0.25, -0.2) is 13.1 Å². The van der Waals surface area contributed by atoms with E-state index in [1.807, 2.05) is 32.8 Å². The average molecular weight is 341 g/mol. The average Bonchev–Trinajstić information content (AvgIpc) is 2.52. The maximum atomic E-state index is 12.3. The number of benzene rings is 1. The monoisotopic (exact) mass is 341 g/mol. The van der Waals surface area contributed by atoms with Crippen LogP contribution in [-0.2, 0) is 10.0 Å². The molecule has 0 fully saturated rings. The molecule has 0 aliphatic rings. The second kappa shape index (κ2) is 9.00. The van der Waals surface area contributed by atoms with E-state index in [-0.39, 0.29) is 10.8 Å². The predicted octanol–water partition coefficient (Wildman–Crippen LogP) is 1.40. The van der Waals surface area contributed by atoms with Crippen LogP contribution >= 0.6 is 0 Å². The maximum Gasteiger partial charge on any atom is 0.253 e. The zero-order valence-electron chi connectivity index (χ0n) is 14.4. The topological polar surface area (TPSA) is 69.7 Å². The van der Waals surface area contributed by atoms with Crippen molar-refractivity contribution in [1.82, 2.24) is 14.5 Å². The Bertz CT molecular complexity index is 611. The maximum absolute atomic E-state index is 12.3. The van der Waals surface area contributed by atoms with Crippen LogP contribution in [-0.4, -0.2) is 64.4 Å². The summed E-state index contributed by atoms with van der Waals surface area (Å²) in [5.74, 6) is -0.153. The van der Waals surface area contributed by atoms with Gasteiger partial charge in [-0.1, -0.05) is 6.07 Å². The van der Waals surface area contributed by atoms with Crippen LogP contribution in [0.5, 0.6) is 0 Å². The minimum Gasteiger partial charge on any atom is -0.339 e. The molecule has 0 heterocycles. The van der Waals surface area contributed by atoms with Crippen molar-refractivity contribution in [3.63, 3.8) is 0 Å². The molecule has 1 N–H and O–H groups in total. The first-order valence-corrected chi connectivity index (χ1v) is 9.33. The third-order valence-electron chi connectivity index (χ3n) is 3.52. The molecule has 0 saturated carbocycles. The third kappa shape index (κ3) is 5.93. The Labute approximate surface area is 139 Å². The number of sulfonamides is 1. The van der Waals surface area contributed by atoms with E-state index >= 15 is 0 Å². The molecular weight excluding hydrogens is 314 g/mol. The highest BCUT2D eigenvalue weighted by atomic mass is 32.2. The van der Waals surface area contributed by atoms with Crippen molar-refractivity contribution < 1.29 is 13.2 Å². The molecule has 0 atom stereocenters. The highest BCUT2D eigenvalue weighted by Gasteiger charge is 2.18. The number of carbonyl (C=O) groups excluding carboxylic acids is 1. The van der Waals surface area contributed by atoms with E-state index in [4.69, 9.17) is 0 Å². The molecule has 1 aromatic carbocycles. The largest absolute Gasteiger partial charge is 0.339 e. The van der Waals surface area contributed by atoms with Gasteiger partial charge in [-0.2, -0.15) is 0 Å². The Kier molecular flexibility index (Phi) is 7.67. The van der Waals surface area contributed by atoms with Crippen molar-refractivity contribution in [2.75, 3.05) is 40.3 Å². The number of hydrogen-bond donors (Lipinski definition) is 1. The van der Waals surface area contributed by atoms with Crippen LogP contribution < -0.4 is 4.72 Å². The van der Waals surface area contributed by atoms with Crippen molar-refractivity contribution in [1.29, 1.82) is 0 Å². The first kappa shape index (κ1) is 19.6. The summed E-state index contributed by atoms with van der Waals surface area (Å²) in [7, 11) is 0.290. The van der Waals surface area contributed by atoms with Gasteiger partial charge >= 0.3 is 0 Å². The van der Waals surface area contributed by atoms with Gasteiger partial charge in [0.2, 0.25) is 10.0 Å². The van der Waals surface area contributed by atoms with E-state index < -0.39 is 10.0 Å². The first-order valence-electron chi connectivity index (χ1n) is 7.85. The van der Waals surface area contributed by atoms with Crippen LogP contribution in [0, 0.1) is 0 Å². The molecule has 0 spiro atoms. The molecule has 130 valence electrons. The number of rotatable bonds is 9. The number of nitrogens with zero attached hydrogens (tertiary/aromatic N) is 2. The zero-order valence-corrected chi connectivity index (χ0v) is 15.2. The van der Waals surface area contributed by atoms with E-state index in [0.717, 1.165) is 13.0 Å². The number of nitrogens with one attached hydrogen (secondary N) is 1. The third-order valence-corrected chi connectivity index (χ3v) is 4.97. The lowest BCUT2D eigenvalue weighted by Gasteiger charge is -2.19. The van der Waals surface area contributed by atoms with Gasteiger partial charge in [0, 0.05) is 25.2 Å². The van der Waals surface area contributed by atoms with Crippen molar-refractivity contribution >= 4 is 15.9 Å². The molecular formula is C16H27N3O3S. The predicted molar refractivity (Wildman–Crippen MR) is 92.1 cm³/mol.